The Kier molecular flexibility index (Phi) is 5.86. The highest BCUT2D eigenvalue weighted by molar-refractivity contribution is 5.27. The van der Waals surface area contributed by atoms with E-state index in [1.807, 2.05) is 0 Å². The first-order chi connectivity index (χ1) is 9.72. The third kappa shape index (κ3) is 4.22. The second-order valence-electron chi connectivity index (χ2n) is 5.94. The standard InChI is InChI=1S/C17H28N2O/c1-14(12-15-4-6-17(20-3)7-5-15)19-10-8-16(9-11-19)13-18-2/h4-7,14,16,18H,8-13H2,1-3H3. The lowest BCUT2D eigenvalue weighted by molar-refractivity contribution is 0.140. The van der Waals surface area contributed by atoms with E-state index in [1.165, 1.54) is 38.0 Å². The van der Waals surface area contributed by atoms with Gasteiger partial charge in [0.1, 0.15) is 5.75 Å². The number of methoxy groups -OCH3 is 1. The van der Waals surface area contributed by atoms with Crippen LogP contribution < -0.4 is 10.1 Å². The fraction of sp³-hybridized carbons (Fsp3) is 0.647. The predicted molar refractivity (Wildman–Crippen MR) is 84.4 cm³/mol. The van der Waals surface area contributed by atoms with Gasteiger partial charge < -0.3 is 15.0 Å². The molecule has 1 heterocycles. The molecular weight excluding hydrogens is 248 g/mol. The molecule has 1 aliphatic heterocycles. The number of nitrogens with zero attached hydrogens (tertiary/aromatic N) is 1. The van der Waals surface area contributed by atoms with Crippen LogP contribution in [-0.4, -0.2) is 44.7 Å². The highest BCUT2D eigenvalue weighted by Crippen LogP contribution is 2.20. The third-order valence-corrected chi connectivity index (χ3v) is 4.46. The van der Waals surface area contributed by atoms with Gasteiger partial charge in [-0.3, -0.25) is 0 Å². The first-order valence-electron chi connectivity index (χ1n) is 7.74. The van der Waals surface area contributed by atoms with Crippen molar-refractivity contribution in [2.45, 2.75) is 32.2 Å². The van der Waals surface area contributed by atoms with Crippen LogP contribution in [0.4, 0.5) is 0 Å². The molecule has 1 aromatic rings. The van der Waals surface area contributed by atoms with Crippen LogP contribution in [0.25, 0.3) is 0 Å². The monoisotopic (exact) mass is 276 g/mol. The van der Waals surface area contributed by atoms with Crippen molar-refractivity contribution in [1.82, 2.24) is 10.2 Å². The Hall–Kier alpha value is -1.06. The van der Waals surface area contributed by atoms with E-state index < -0.39 is 0 Å². The number of hydrogen-bond donors (Lipinski definition) is 1. The van der Waals surface area contributed by atoms with Crippen molar-refractivity contribution in [3.8, 4) is 5.75 Å². The molecule has 0 aromatic heterocycles. The molecule has 1 fully saturated rings. The van der Waals surface area contributed by atoms with E-state index in [0.29, 0.717) is 6.04 Å². The zero-order chi connectivity index (χ0) is 14.4. The van der Waals surface area contributed by atoms with Crippen LogP contribution in [0.15, 0.2) is 24.3 Å². The Labute approximate surface area is 123 Å². The van der Waals surface area contributed by atoms with Crippen molar-refractivity contribution < 1.29 is 4.74 Å². The average molecular weight is 276 g/mol. The average Bonchev–Trinajstić information content (AvgIpc) is 2.49. The maximum atomic E-state index is 5.21. The van der Waals surface area contributed by atoms with E-state index in [0.717, 1.165) is 18.1 Å². The molecule has 0 aliphatic carbocycles. The van der Waals surface area contributed by atoms with Gasteiger partial charge in [0.2, 0.25) is 0 Å². The molecule has 3 nitrogen and oxygen atoms in total. The summed E-state index contributed by atoms with van der Waals surface area (Å²) in [6.07, 6.45) is 3.78. The predicted octanol–water partition coefficient (Wildman–Crippen LogP) is 2.56. The summed E-state index contributed by atoms with van der Waals surface area (Å²) in [5.74, 6) is 1.80. The Morgan fingerprint density at radius 1 is 1.25 bits per heavy atom. The van der Waals surface area contributed by atoms with Crippen molar-refractivity contribution in [3.05, 3.63) is 29.8 Å². The highest BCUT2D eigenvalue weighted by atomic mass is 16.5. The SMILES string of the molecule is CNCC1CCN(C(C)Cc2ccc(OC)cc2)CC1. The van der Waals surface area contributed by atoms with Crippen LogP contribution in [0.5, 0.6) is 5.75 Å². The van der Waals surface area contributed by atoms with Gasteiger partial charge in [0, 0.05) is 6.04 Å². The molecule has 2 rings (SSSR count). The van der Waals surface area contributed by atoms with Gasteiger partial charge in [0.25, 0.3) is 0 Å². The van der Waals surface area contributed by atoms with Gasteiger partial charge >= 0.3 is 0 Å². The number of hydrogen-bond acceptors (Lipinski definition) is 3. The molecule has 3 heteroatoms. The Morgan fingerprint density at radius 3 is 2.45 bits per heavy atom. The van der Waals surface area contributed by atoms with Crippen molar-refractivity contribution >= 4 is 0 Å². The third-order valence-electron chi connectivity index (χ3n) is 4.46. The minimum Gasteiger partial charge on any atom is -0.497 e. The molecule has 0 spiro atoms. The summed E-state index contributed by atoms with van der Waals surface area (Å²) in [4.78, 5) is 2.64. The van der Waals surface area contributed by atoms with E-state index in [1.54, 1.807) is 7.11 Å². The molecule has 0 amide bonds. The molecule has 0 bridgehead atoms. The van der Waals surface area contributed by atoms with Crippen molar-refractivity contribution in [1.29, 1.82) is 0 Å². The van der Waals surface area contributed by atoms with Crippen LogP contribution in [0.1, 0.15) is 25.3 Å². The van der Waals surface area contributed by atoms with Crippen molar-refractivity contribution in [3.63, 3.8) is 0 Å². The van der Waals surface area contributed by atoms with Gasteiger partial charge in [0.05, 0.1) is 7.11 Å². The van der Waals surface area contributed by atoms with Crippen LogP contribution in [0.3, 0.4) is 0 Å². The summed E-state index contributed by atoms with van der Waals surface area (Å²) in [6.45, 7) is 6.00. The molecule has 1 aromatic carbocycles. The summed E-state index contributed by atoms with van der Waals surface area (Å²) >= 11 is 0. The van der Waals surface area contributed by atoms with E-state index in [2.05, 4.69) is 48.5 Å². The second kappa shape index (κ2) is 7.65. The van der Waals surface area contributed by atoms with Crippen molar-refractivity contribution in [2.24, 2.45) is 5.92 Å². The van der Waals surface area contributed by atoms with Gasteiger partial charge in [0.15, 0.2) is 0 Å². The zero-order valence-corrected chi connectivity index (χ0v) is 13.1. The molecule has 1 unspecified atom stereocenters. The van der Waals surface area contributed by atoms with E-state index in [-0.39, 0.29) is 0 Å². The minimum atomic E-state index is 0.624. The fourth-order valence-electron chi connectivity index (χ4n) is 3.12. The number of nitrogens with one attached hydrogen (secondary N) is 1. The molecule has 1 atom stereocenters. The maximum absolute atomic E-state index is 5.21. The first kappa shape index (κ1) is 15.3. The first-order valence-corrected chi connectivity index (χ1v) is 7.74. The van der Waals surface area contributed by atoms with Gasteiger partial charge in [-0.25, -0.2) is 0 Å². The second-order valence-corrected chi connectivity index (χ2v) is 5.94. The smallest absolute Gasteiger partial charge is 0.118 e. The lowest BCUT2D eigenvalue weighted by atomic mass is 9.94. The zero-order valence-electron chi connectivity index (χ0n) is 13.1. The molecule has 20 heavy (non-hydrogen) atoms. The lowest BCUT2D eigenvalue weighted by Gasteiger charge is -2.36. The van der Waals surface area contributed by atoms with Crippen LogP contribution in [-0.2, 0) is 6.42 Å². The summed E-state index contributed by atoms with van der Waals surface area (Å²) in [5, 5.41) is 3.30. The van der Waals surface area contributed by atoms with E-state index >= 15 is 0 Å². The molecule has 1 saturated heterocycles. The Morgan fingerprint density at radius 2 is 1.90 bits per heavy atom. The van der Waals surface area contributed by atoms with Gasteiger partial charge in [-0.1, -0.05) is 12.1 Å². The van der Waals surface area contributed by atoms with Gasteiger partial charge in [-0.15, -0.1) is 0 Å². The van der Waals surface area contributed by atoms with Gasteiger partial charge in [-0.2, -0.15) is 0 Å². The molecular formula is C17H28N2O. The fourth-order valence-corrected chi connectivity index (χ4v) is 3.12. The van der Waals surface area contributed by atoms with Crippen LogP contribution in [0.2, 0.25) is 0 Å². The van der Waals surface area contributed by atoms with Crippen LogP contribution in [0, 0.1) is 5.92 Å². The number of ether oxygens (including phenoxy) is 1. The topological polar surface area (TPSA) is 24.5 Å². The normalized spacial score (nSPS) is 18.9. The number of benzene rings is 1. The molecule has 0 radical (unpaired) electrons. The Bertz CT molecular complexity index is 382. The molecule has 0 saturated carbocycles. The number of piperidine rings is 1. The largest absolute Gasteiger partial charge is 0.497 e. The number of likely N-dealkylation sites (tertiary alicyclic amines) is 1. The van der Waals surface area contributed by atoms with E-state index in [4.69, 9.17) is 4.74 Å². The highest BCUT2D eigenvalue weighted by Gasteiger charge is 2.22. The van der Waals surface area contributed by atoms with Crippen LogP contribution >= 0.6 is 0 Å². The summed E-state index contributed by atoms with van der Waals surface area (Å²) < 4.78 is 5.21. The quantitative estimate of drug-likeness (QED) is 0.864. The van der Waals surface area contributed by atoms with E-state index in [9.17, 15) is 0 Å². The maximum Gasteiger partial charge on any atom is 0.118 e. The molecule has 1 aliphatic rings. The summed E-state index contributed by atoms with van der Waals surface area (Å²) in [6, 6.07) is 9.10. The minimum absolute atomic E-state index is 0.624. The molecule has 1 N–H and O–H groups in total. The lowest BCUT2D eigenvalue weighted by Crippen LogP contribution is -2.42. The summed E-state index contributed by atoms with van der Waals surface area (Å²) in [5.41, 5.74) is 1.40. The number of rotatable bonds is 6. The van der Waals surface area contributed by atoms with Crippen molar-refractivity contribution in [2.75, 3.05) is 33.8 Å². The summed E-state index contributed by atoms with van der Waals surface area (Å²) in [7, 11) is 3.77. The Balaban J connectivity index is 1.81. The molecule has 112 valence electrons. The van der Waals surface area contributed by atoms with Gasteiger partial charge in [-0.05, 0) is 76.5 Å².